The molecule has 0 amide bonds. The van der Waals surface area contributed by atoms with Crippen molar-refractivity contribution in [3.63, 3.8) is 0 Å². The van der Waals surface area contributed by atoms with E-state index in [1.54, 1.807) is 37.3 Å². The largest absolute Gasteiger partial charge is 0.489 e. The monoisotopic (exact) mass is 274 g/mol. The second kappa shape index (κ2) is 6.70. The number of halogens is 1. The van der Waals surface area contributed by atoms with Crippen LogP contribution in [-0.4, -0.2) is 12.6 Å². The number of rotatable bonds is 5. The van der Waals surface area contributed by atoms with Crippen LogP contribution in [0.3, 0.4) is 0 Å². The smallest absolute Gasteiger partial charge is 0.338 e. The summed E-state index contributed by atoms with van der Waals surface area (Å²) in [6.07, 6.45) is 0. The maximum Gasteiger partial charge on any atom is 0.338 e. The van der Waals surface area contributed by atoms with Crippen molar-refractivity contribution in [2.75, 3.05) is 6.61 Å². The van der Waals surface area contributed by atoms with Gasteiger partial charge in [0.2, 0.25) is 0 Å². The molecular weight excluding hydrogens is 259 g/mol. The van der Waals surface area contributed by atoms with Gasteiger partial charge in [-0.25, -0.2) is 9.18 Å². The zero-order chi connectivity index (χ0) is 14.4. The molecule has 0 aliphatic carbocycles. The first-order chi connectivity index (χ1) is 9.69. The molecule has 0 radical (unpaired) electrons. The van der Waals surface area contributed by atoms with E-state index in [1.165, 1.54) is 12.1 Å². The van der Waals surface area contributed by atoms with E-state index in [0.717, 1.165) is 5.56 Å². The molecule has 0 saturated heterocycles. The molecule has 0 saturated carbocycles. The number of esters is 1. The third-order valence-corrected chi connectivity index (χ3v) is 2.64. The van der Waals surface area contributed by atoms with Crippen LogP contribution in [0.5, 0.6) is 5.75 Å². The molecule has 0 aliphatic heterocycles. The lowest BCUT2D eigenvalue weighted by Crippen LogP contribution is -2.05. The molecule has 2 rings (SSSR count). The Labute approximate surface area is 117 Å². The minimum absolute atomic E-state index is 0.261. The van der Waals surface area contributed by atoms with Crippen LogP contribution in [0.25, 0.3) is 0 Å². The minimum Gasteiger partial charge on any atom is -0.489 e. The van der Waals surface area contributed by atoms with Gasteiger partial charge >= 0.3 is 5.97 Å². The van der Waals surface area contributed by atoms with E-state index in [2.05, 4.69) is 0 Å². The van der Waals surface area contributed by atoms with Gasteiger partial charge in [0, 0.05) is 6.07 Å². The molecule has 0 N–H and O–H groups in total. The number of benzene rings is 2. The van der Waals surface area contributed by atoms with Gasteiger partial charge in [0.1, 0.15) is 18.2 Å². The second-order valence-electron chi connectivity index (χ2n) is 4.17. The molecule has 0 spiro atoms. The number of carbonyl (C=O) groups is 1. The summed E-state index contributed by atoms with van der Waals surface area (Å²) in [5.41, 5.74) is 1.30. The van der Waals surface area contributed by atoms with Crippen LogP contribution < -0.4 is 4.74 Å². The van der Waals surface area contributed by atoms with E-state index >= 15 is 0 Å². The lowest BCUT2D eigenvalue weighted by Gasteiger charge is -2.08. The molecule has 0 fully saturated rings. The van der Waals surface area contributed by atoms with Crippen molar-refractivity contribution >= 4 is 5.97 Å². The summed E-state index contributed by atoms with van der Waals surface area (Å²) in [6, 6.07) is 12.9. The molecular formula is C16H15FO3. The maximum absolute atomic E-state index is 13.0. The zero-order valence-corrected chi connectivity index (χ0v) is 11.1. The molecule has 20 heavy (non-hydrogen) atoms. The van der Waals surface area contributed by atoms with Gasteiger partial charge in [-0.1, -0.05) is 18.2 Å². The molecule has 0 heterocycles. The Morgan fingerprint density at radius 1 is 1.15 bits per heavy atom. The molecule has 2 aromatic rings. The third kappa shape index (κ3) is 3.82. The summed E-state index contributed by atoms with van der Waals surface area (Å²) < 4.78 is 23.4. The summed E-state index contributed by atoms with van der Waals surface area (Å²) in [6.45, 7) is 2.36. The summed E-state index contributed by atoms with van der Waals surface area (Å²) in [7, 11) is 0. The average molecular weight is 274 g/mol. The average Bonchev–Trinajstić information content (AvgIpc) is 2.46. The van der Waals surface area contributed by atoms with Gasteiger partial charge in [0.05, 0.1) is 12.2 Å². The van der Waals surface area contributed by atoms with Gasteiger partial charge in [-0.3, -0.25) is 0 Å². The molecule has 0 atom stereocenters. The van der Waals surface area contributed by atoms with Crippen molar-refractivity contribution < 1.29 is 18.7 Å². The molecule has 0 bridgehead atoms. The van der Waals surface area contributed by atoms with Crippen molar-refractivity contribution in [2.45, 2.75) is 13.5 Å². The van der Waals surface area contributed by atoms with Crippen molar-refractivity contribution in [2.24, 2.45) is 0 Å². The highest BCUT2D eigenvalue weighted by Gasteiger charge is 2.07. The van der Waals surface area contributed by atoms with Gasteiger partial charge in [-0.2, -0.15) is 0 Å². The van der Waals surface area contributed by atoms with Crippen molar-refractivity contribution in [3.05, 3.63) is 65.5 Å². The number of carbonyl (C=O) groups excluding carboxylic acids is 1. The van der Waals surface area contributed by atoms with Crippen molar-refractivity contribution in [1.29, 1.82) is 0 Å². The quantitative estimate of drug-likeness (QED) is 0.782. The highest BCUT2D eigenvalue weighted by Crippen LogP contribution is 2.15. The van der Waals surface area contributed by atoms with Crippen LogP contribution in [0.1, 0.15) is 22.8 Å². The van der Waals surface area contributed by atoms with E-state index in [-0.39, 0.29) is 18.4 Å². The molecule has 0 aromatic heterocycles. The van der Waals surface area contributed by atoms with Crippen molar-refractivity contribution in [1.82, 2.24) is 0 Å². The van der Waals surface area contributed by atoms with E-state index < -0.39 is 0 Å². The summed E-state index contributed by atoms with van der Waals surface area (Å²) in [4.78, 5) is 11.6. The first-order valence-electron chi connectivity index (χ1n) is 6.33. The Hall–Kier alpha value is -2.36. The fourth-order valence-electron chi connectivity index (χ4n) is 1.73. The molecule has 0 unspecified atom stereocenters. The summed E-state index contributed by atoms with van der Waals surface area (Å²) in [5, 5.41) is 0. The fraction of sp³-hybridized carbons (Fsp3) is 0.188. The zero-order valence-electron chi connectivity index (χ0n) is 11.1. The molecule has 104 valence electrons. The highest BCUT2D eigenvalue weighted by molar-refractivity contribution is 5.89. The van der Waals surface area contributed by atoms with E-state index in [1.807, 2.05) is 6.07 Å². The van der Waals surface area contributed by atoms with Gasteiger partial charge in [0.25, 0.3) is 0 Å². The maximum atomic E-state index is 13.0. The number of hydrogen-bond acceptors (Lipinski definition) is 3. The number of ether oxygens (including phenoxy) is 2. The van der Waals surface area contributed by atoms with Crippen LogP contribution in [0, 0.1) is 5.82 Å². The Balaban J connectivity index is 2.03. The van der Waals surface area contributed by atoms with E-state index in [4.69, 9.17) is 9.47 Å². The lowest BCUT2D eigenvalue weighted by molar-refractivity contribution is 0.0526. The van der Waals surface area contributed by atoms with Crippen LogP contribution in [0.15, 0.2) is 48.5 Å². The second-order valence-corrected chi connectivity index (χ2v) is 4.17. The Morgan fingerprint density at radius 2 is 1.95 bits per heavy atom. The van der Waals surface area contributed by atoms with Crippen LogP contribution in [0.4, 0.5) is 4.39 Å². The van der Waals surface area contributed by atoms with Crippen molar-refractivity contribution in [3.8, 4) is 5.75 Å². The topological polar surface area (TPSA) is 35.5 Å². The SMILES string of the molecule is CCOC(=O)c1cccc(COc2cccc(F)c2)c1. The van der Waals surface area contributed by atoms with E-state index in [9.17, 15) is 9.18 Å². The third-order valence-electron chi connectivity index (χ3n) is 2.64. The Morgan fingerprint density at radius 3 is 2.70 bits per heavy atom. The summed E-state index contributed by atoms with van der Waals surface area (Å²) >= 11 is 0. The van der Waals surface area contributed by atoms with Gasteiger partial charge in [-0.15, -0.1) is 0 Å². The van der Waals surface area contributed by atoms with Gasteiger partial charge in [-0.05, 0) is 36.8 Å². The molecule has 2 aromatic carbocycles. The molecule has 0 aliphatic rings. The first-order valence-corrected chi connectivity index (χ1v) is 6.33. The minimum atomic E-state index is -0.361. The van der Waals surface area contributed by atoms with Crippen LogP contribution in [-0.2, 0) is 11.3 Å². The standard InChI is InChI=1S/C16H15FO3/c1-2-19-16(18)13-6-3-5-12(9-13)11-20-15-8-4-7-14(17)10-15/h3-10H,2,11H2,1H3. The Kier molecular flexibility index (Phi) is 4.71. The normalized spacial score (nSPS) is 10.1. The van der Waals surface area contributed by atoms with Crippen LogP contribution in [0.2, 0.25) is 0 Å². The van der Waals surface area contributed by atoms with E-state index in [0.29, 0.717) is 17.9 Å². The lowest BCUT2D eigenvalue weighted by atomic mass is 10.1. The fourth-order valence-corrected chi connectivity index (χ4v) is 1.73. The Bertz CT molecular complexity index is 596. The van der Waals surface area contributed by atoms with Gasteiger partial charge < -0.3 is 9.47 Å². The molecule has 4 heteroatoms. The predicted octanol–water partition coefficient (Wildman–Crippen LogP) is 3.58. The predicted molar refractivity (Wildman–Crippen MR) is 73.1 cm³/mol. The first kappa shape index (κ1) is 14.1. The summed E-state index contributed by atoms with van der Waals surface area (Å²) in [5.74, 6) is -0.255. The molecule has 3 nitrogen and oxygen atoms in total. The van der Waals surface area contributed by atoms with Gasteiger partial charge in [0.15, 0.2) is 0 Å². The van der Waals surface area contributed by atoms with Crippen LogP contribution >= 0.6 is 0 Å². The highest BCUT2D eigenvalue weighted by atomic mass is 19.1. The number of hydrogen-bond donors (Lipinski definition) is 0.